The summed E-state index contributed by atoms with van der Waals surface area (Å²) < 4.78 is 23.7. The van der Waals surface area contributed by atoms with E-state index >= 15 is 0 Å². The van der Waals surface area contributed by atoms with Gasteiger partial charge in [0.15, 0.2) is 5.82 Å². The van der Waals surface area contributed by atoms with E-state index in [1.165, 1.54) is 0 Å². The zero-order valence-corrected chi connectivity index (χ0v) is 29.4. The van der Waals surface area contributed by atoms with Gasteiger partial charge in [0.25, 0.3) is 5.88 Å². The first-order valence-electron chi connectivity index (χ1n) is 17.0. The molecule has 0 radical (unpaired) electrons. The fourth-order valence-electron chi connectivity index (χ4n) is 6.75. The number of tetrazole rings is 1. The molecule has 1 saturated carbocycles. The molecule has 1 aliphatic heterocycles. The highest BCUT2D eigenvalue weighted by molar-refractivity contribution is 6.32. The SMILES string of the molecule is C[C@@H]1CN(C2CCC(n3cc(Nc4ncc(-c5ccc(Cl)c(O[C@@H](C)Cn6cnnn6)c5)cn4)c(OCc4nncn4C)n3)CC2)C[C@H](C)O1. The zero-order chi connectivity index (χ0) is 34.6. The molecule has 0 amide bonds. The van der Waals surface area contributed by atoms with Crippen molar-refractivity contribution in [3.8, 4) is 22.8 Å². The molecule has 1 N–H and O–H groups in total. The second-order valence-electron chi connectivity index (χ2n) is 13.2. The minimum atomic E-state index is -0.215. The van der Waals surface area contributed by atoms with Gasteiger partial charge < -0.3 is 24.1 Å². The summed E-state index contributed by atoms with van der Waals surface area (Å²) in [6.45, 7) is 8.94. The number of hydrogen-bond donors (Lipinski definition) is 1. The maximum absolute atomic E-state index is 6.47. The molecule has 17 heteroatoms. The Hall–Kier alpha value is -4.67. The summed E-state index contributed by atoms with van der Waals surface area (Å²) in [5, 5.41) is 28.1. The Labute approximate surface area is 295 Å². The van der Waals surface area contributed by atoms with Crippen molar-refractivity contribution in [2.24, 2.45) is 7.05 Å². The lowest BCUT2D eigenvalue weighted by molar-refractivity contribution is -0.0852. The number of halogens is 1. The molecule has 5 aromatic rings. The van der Waals surface area contributed by atoms with Crippen molar-refractivity contribution in [3.05, 3.63) is 60.3 Å². The first-order valence-corrected chi connectivity index (χ1v) is 17.4. The molecule has 4 aromatic heterocycles. The van der Waals surface area contributed by atoms with Crippen molar-refractivity contribution in [1.82, 2.24) is 59.6 Å². The topological polar surface area (TPSA) is 161 Å². The normalized spacial score (nSPS) is 21.9. The van der Waals surface area contributed by atoms with E-state index in [9.17, 15) is 0 Å². The number of nitrogens with zero attached hydrogens (tertiary/aromatic N) is 12. The molecule has 1 aliphatic carbocycles. The minimum absolute atomic E-state index is 0.215. The molecular weight excluding hydrogens is 662 g/mol. The van der Waals surface area contributed by atoms with Gasteiger partial charge in [0, 0.05) is 44.1 Å². The van der Waals surface area contributed by atoms with Gasteiger partial charge in [-0.3, -0.25) is 9.58 Å². The van der Waals surface area contributed by atoms with E-state index < -0.39 is 0 Å². The maximum atomic E-state index is 6.47. The number of rotatable bonds is 12. The first-order chi connectivity index (χ1) is 24.3. The fourth-order valence-corrected chi connectivity index (χ4v) is 6.91. The summed E-state index contributed by atoms with van der Waals surface area (Å²) in [5.41, 5.74) is 2.35. The highest BCUT2D eigenvalue weighted by Crippen LogP contribution is 2.36. The van der Waals surface area contributed by atoms with E-state index in [1.54, 1.807) is 35.8 Å². The van der Waals surface area contributed by atoms with Gasteiger partial charge in [0.1, 0.15) is 36.8 Å². The van der Waals surface area contributed by atoms with Crippen LogP contribution in [0.4, 0.5) is 11.6 Å². The van der Waals surface area contributed by atoms with E-state index in [0.717, 1.165) is 49.9 Å². The predicted molar refractivity (Wildman–Crippen MR) is 184 cm³/mol. The van der Waals surface area contributed by atoms with E-state index in [0.29, 0.717) is 46.7 Å². The summed E-state index contributed by atoms with van der Waals surface area (Å²) in [7, 11) is 1.88. The van der Waals surface area contributed by atoms with Crippen LogP contribution in [0.3, 0.4) is 0 Å². The minimum Gasteiger partial charge on any atom is -0.487 e. The average molecular weight is 704 g/mol. The molecule has 0 bridgehead atoms. The van der Waals surface area contributed by atoms with Crippen molar-refractivity contribution in [1.29, 1.82) is 0 Å². The summed E-state index contributed by atoms with van der Waals surface area (Å²) in [6, 6.07) is 6.41. The lowest BCUT2D eigenvalue weighted by Crippen LogP contribution is -2.51. The number of benzene rings is 1. The summed E-state index contributed by atoms with van der Waals surface area (Å²) >= 11 is 6.47. The lowest BCUT2D eigenvalue weighted by atomic mass is 9.89. The maximum Gasteiger partial charge on any atom is 0.257 e. The highest BCUT2D eigenvalue weighted by atomic mass is 35.5. The van der Waals surface area contributed by atoms with Crippen LogP contribution in [-0.4, -0.2) is 97.1 Å². The second-order valence-corrected chi connectivity index (χ2v) is 13.6. The molecule has 2 aliphatic rings. The molecule has 7 rings (SSSR count). The number of aromatic nitrogens is 11. The smallest absolute Gasteiger partial charge is 0.257 e. The van der Waals surface area contributed by atoms with Crippen LogP contribution in [0.5, 0.6) is 11.6 Å². The van der Waals surface area contributed by atoms with E-state index in [4.69, 9.17) is 30.9 Å². The molecule has 3 atom stereocenters. The third-order valence-corrected chi connectivity index (χ3v) is 9.48. The molecule has 264 valence electrons. The van der Waals surface area contributed by atoms with Crippen molar-refractivity contribution in [2.75, 3.05) is 18.4 Å². The van der Waals surface area contributed by atoms with Crippen LogP contribution in [0.15, 0.2) is 49.4 Å². The second kappa shape index (κ2) is 15.1. The third-order valence-electron chi connectivity index (χ3n) is 9.17. The molecule has 0 unspecified atom stereocenters. The van der Waals surface area contributed by atoms with Crippen LogP contribution >= 0.6 is 11.6 Å². The van der Waals surface area contributed by atoms with Crippen LogP contribution in [0.2, 0.25) is 5.02 Å². The zero-order valence-electron chi connectivity index (χ0n) is 28.6. The molecule has 1 saturated heterocycles. The molecule has 0 spiro atoms. The van der Waals surface area contributed by atoms with Crippen molar-refractivity contribution >= 4 is 23.2 Å². The number of nitrogens with one attached hydrogen (secondary N) is 1. The quantitative estimate of drug-likeness (QED) is 0.194. The first kappa shape index (κ1) is 33.8. The number of hydrogen-bond acceptors (Lipinski definition) is 13. The van der Waals surface area contributed by atoms with Crippen LogP contribution in [-0.2, 0) is 24.9 Å². The molecule has 50 heavy (non-hydrogen) atoms. The third kappa shape index (κ3) is 8.03. The van der Waals surface area contributed by atoms with Crippen molar-refractivity contribution < 1.29 is 14.2 Å². The molecule has 5 heterocycles. The Kier molecular flexibility index (Phi) is 10.2. The molecule has 16 nitrogen and oxygen atoms in total. The highest BCUT2D eigenvalue weighted by Gasteiger charge is 2.32. The number of morpholine rings is 1. The van der Waals surface area contributed by atoms with E-state index in [2.05, 4.69) is 59.8 Å². The molecular formula is C33H42ClN13O3. The van der Waals surface area contributed by atoms with Crippen LogP contribution in [0, 0.1) is 0 Å². The number of anilines is 2. The van der Waals surface area contributed by atoms with Gasteiger partial charge >= 0.3 is 0 Å². The predicted octanol–water partition coefficient (Wildman–Crippen LogP) is 4.49. The largest absolute Gasteiger partial charge is 0.487 e. The van der Waals surface area contributed by atoms with Gasteiger partial charge in [-0.05, 0) is 74.6 Å². The number of ether oxygens (including phenoxy) is 3. The molecule has 1 aromatic carbocycles. The Morgan fingerprint density at radius 3 is 2.46 bits per heavy atom. The number of aryl methyl sites for hydroxylation is 1. The van der Waals surface area contributed by atoms with E-state index in [1.807, 2.05) is 41.5 Å². The van der Waals surface area contributed by atoms with E-state index in [-0.39, 0.29) is 31.0 Å². The fraction of sp³-hybridized carbons (Fsp3) is 0.515. The van der Waals surface area contributed by atoms with Gasteiger partial charge in [0.05, 0.1) is 36.0 Å². The summed E-state index contributed by atoms with van der Waals surface area (Å²) in [5.74, 6) is 2.11. The standard InChI is InChI=1S/C33H42ClN13O3/c1-21-14-45(15-22(2)49-21)26-6-8-27(9-7-26)47-17-29(32(41-47)48-18-31-40-37-19-44(31)4)39-33-35-12-25(13-36-33)24-5-10-28(34)30(11-24)50-23(3)16-46-20-38-42-43-46/h5,10-13,17,19-23,26-27H,6-9,14-16,18H2,1-4H3,(H,35,36,39)/t21-,22+,23-,26?,27?/m0/s1. The van der Waals surface area contributed by atoms with Crippen molar-refractivity contribution in [3.63, 3.8) is 0 Å². The van der Waals surface area contributed by atoms with Crippen molar-refractivity contribution in [2.45, 2.75) is 90.0 Å². The van der Waals surface area contributed by atoms with Gasteiger partial charge in [0.2, 0.25) is 5.95 Å². The van der Waals surface area contributed by atoms with Gasteiger partial charge in [-0.25, -0.2) is 14.6 Å². The van der Waals surface area contributed by atoms with Crippen LogP contribution in [0.1, 0.15) is 58.3 Å². The summed E-state index contributed by atoms with van der Waals surface area (Å²) in [4.78, 5) is 11.8. The summed E-state index contributed by atoms with van der Waals surface area (Å²) in [6.07, 6.45) is 13.3. The van der Waals surface area contributed by atoms with Crippen LogP contribution in [0.25, 0.3) is 11.1 Å². The average Bonchev–Trinajstić information content (AvgIpc) is 3.87. The van der Waals surface area contributed by atoms with Gasteiger partial charge in [-0.1, -0.05) is 17.7 Å². The Bertz CT molecular complexity index is 1830. The molecule has 2 fully saturated rings. The monoisotopic (exact) mass is 703 g/mol. The Morgan fingerprint density at radius 1 is 1.00 bits per heavy atom. The van der Waals surface area contributed by atoms with Gasteiger partial charge in [-0.15, -0.1) is 20.4 Å². The van der Waals surface area contributed by atoms with Gasteiger partial charge in [-0.2, -0.15) is 0 Å². The lowest BCUT2D eigenvalue weighted by Gasteiger charge is -2.42. The Balaban J connectivity index is 1.04. The Morgan fingerprint density at radius 2 is 1.76 bits per heavy atom. The van der Waals surface area contributed by atoms with Crippen LogP contribution < -0.4 is 14.8 Å².